The van der Waals surface area contributed by atoms with E-state index in [0.717, 1.165) is 0 Å². The number of rotatable bonds is 13. The van der Waals surface area contributed by atoms with Crippen molar-refractivity contribution in [1.82, 2.24) is 15.0 Å². The summed E-state index contributed by atoms with van der Waals surface area (Å²) in [4.78, 5) is 25.2. The van der Waals surface area contributed by atoms with E-state index in [1.54, 1.807) is 13.2 Å². The number of carbonyl (C=O) groups is 1. The van der Waals surface area contributed by atoms with Gasteiger partial charge in [-0.3, -0.25) is 4.79 Å². The Bertz CT molecular complexity index is 1700. The molecular weight excluding hydrogens is 602 g/mol. The molecule has 11 heteroatoms. The molecule has 5 rings (SSSR count). The van der Waals surface area contributed by atoms with Crippen LogP contribution in [0.2, 0.25) is 5.04 Å². The number of esters is 1. The van der Waals surface area contributed by atoms with E-state index in [4.69, 9.17) is 22.4 Å². The lowest BCUT2D eigenvalue weighted by Crippen LogP contribution is -2.66. The molecule has 3 heterocycles. The number of methoxy groups -OCH3 is 2. The highest BCUT2D eigenvalue weighted by molar-refractivity contribution is 6.99. The van der Waals surface area contributed by atoms with Crippen LogP contribution in [0.3, 0.4) is 0 Å². The Morgan fingerprint density at radius 2 is 1.43 bits per heavy atom. The van der Waals surface area contributed by atoms with Crippen molar-refractivity contribution in [2.45, 2.75) is 51.9 Å². The van der Waals surface area contributed by atoms with E-state index in [1.165, 1.54) is 36.3 Å². The van der Waals surface area contributed by atoms with Crippen molar-refractivity contribution in [3.8, 4) is 23.2 Å². The van der Waals surface area contributed by atoms with Gasteiger partial charge < -0.3 is 27.2 Å². The number of hydrogen-bond acceptors (Lipinski definition) is 10. The molecule has 0 saturated heterocycles. The van der Waals surface area contributed by atoms with Gasteiger partial charge in [0.05, 0.1) is 13.5 Å². The van der Waals surface area contributed by atoms with Crippen molar-refractivity contribution in [3.05, 3.63) is 103 Å². The fourth-order valence-corrected chi connectivity index (χ4v) is 10.1. The lowest BCUT2D eigenvalue weighted by molar-refractivity contribution is -0.139. The fourth-order valence-electron chi connectivity index (χ4n) is 5.60. The maximum Gasteiger partial charge on any atom is 0.309 e. The van der Waals surface area contributed by atoms with Crippen LogP contribution in [0.25, 0.3) is 23.2 Å². The Morgan fingerprint density at radius 3 is 2.04 bits per heavy atom. The minimum absolute atomic E-state index is 0.0832. The van der Waals surface area contributed by atoms with Crippen molar-refractivity contribution in [2.75, 3.05) is 14.2 Å². The molecule has 5 aromatic rings. The molecule has 3 aromatic heterocycles. The molecule has 0 fully saturated rings. The molecule has 240 valence electrons. The molecule has 0 saturated carbocycles. The maximum absolute atomic E-state index is 11.4. The third-order valence-electron chi connectivity index (χ3n) is 7.82. The Morgan fingerprint density at radius 1 is 0.848 bits per heavy atom. The van der Waals surface area contributed by atoms with Gasteiger partial charge in [0.25, 0.3) is 8.32 Å². The van der Waals surface area contributed by atoms with E-state index in [1.807, 2.05) is 25.1 Å². The predicted octanol–water partition coefficient (Wildman–Crippen LogP) is 6.50. The molecule has 2 atom stereocenters. The van der Waals surface area contributed by atoms with Crippen molar-refractivity contribution in [3.63, 3.8) is 0 Å². The second-order valence-electron chi connectivity index (χ2n) is 11.9. The molecule has 10 nitrogen and oxygen atoms in total. The van der Waals surface area contributed by atoms with E-state index in [0.29, 0.717) is 23.0 Å². The zero-order valence-corrected chi connectivity index (χ0v) is 27.9. The monoisotopic (exact) mass is 641 g/mol. The van der Waals surface area contributed by atoms with Gasteiger partial charge >= 0.3 is 5.97 Å². The van der Waals surface area contributed by atoms with Crippen LogP contribution >= 0.6 is 0 Å². The Hall–Kier alpha value is -4.58. The molecule has 0 N–H and O–H groups in total. The molecule has 0 spiro atoms. The second kappa shape index (κ2) is 14.2. The molecule has 2 aromatic carbocycles. The first kappa shape index (κ1) is 32.8. The van der Waals surface area contributed by atoms with Crippen molar-refractivity contribution < 1.29 is 31.9 Å². The molecule has 0 bridgehead atoms. The Labute approximate surface area is 269 Å². The highest BCUT2D eigenvalue weighted by Gasteiger charge is 2.50. The number of benzene rings is 2. The largest absolute Gasteiger partial charge is 0.469 e. The van der Waals surface area contributed by atoms with Gasteiger partial charge in [-0.15, -0.1) is 0 Å². The normalized spacial score (nSPS) is 13.6. The third-order valence-corrected chi connectivity index (χ3v) is 12.8. The van der Waals surface area contributed by atoms with Crippen LogP contribution < -0.4 is 10.4 Å². The van der Waals surface area contributed by atoms with Crippen LogP contribution in [-0.2, 0) is 25.3 Å². The first-order valence-electron chi connectivity index (χ1n) is 15.0. The highest BCUT2D eigenvalue weighted by atomic mass is 28.4. The van der Waals surface area contributed by atoms with Crippen LogP contribution in [-0.4, -0.2) is 43.5 Å². The predicted molar refractivity (Wildman–Crippen MR) is 175 cm³/mol. The molecular formula is C35H39N3O7Si. The fraction of sp³-hybridized carbons (Fsp3) is 0.314. The average molecular weight is 642 g/mol. The van der Waals surface area contributed by atoms with Gasteiger partial charge in [-0.25, -0.2) is 15.0 Å². The summed E-state index contributed by atoms with van der Waals surface area (Å²) in [5.41, 5.74) is 1.41. The molecule has 0 aliphatic heterocycles. The van der Waals surface area contributed by atoms with E-state index in [2.05, 4.69) is 89.0 Å². The standard InChI is InChI=1S/C35H39N3O7Si/c1-24(14-13-19-31(39)40-5)32(41-6)27-20-43-34(37-27)29-22-44-33(38-29)28-21-42-30(36-28)23-45-46(35(2,3)4,25-15-9-7-10-16-25)26-17-11-8-12-18-26/h7-18,20-22,24,32H,19,23H2,1-6H3/b14-13+/t24-,32+/m0/s1. The summed E-state index contributed by atoms with van der Waals surface area (Å²) >= 11 is 0. The van der Waals surface area contributed by atoms with Crippen LogP contribution in [0.15, 0.2) is 105 Å². The van der Waals surface area contributed by atoms with Gasteiger partial charge in [0.2, 0.25) is 17.7 Å². The Balaban J connectivity index is 1.32. The van der Waals surface area contributed by atoms with Gasteiger partial charge in [0.1, 0.15) is 37.2 Å². The minimum Gasteiger partial charge on any atom is -0.469 e. The molecule has 0 radical (unpaired) electrons. The SMILES string of the molecule is COC(=O)C/C=C/[C@H](C)[C@@H](OC)c1coc(-c2coc(-c3coc(CO[Si](c4ccccc4)(c4ccccc4)C(C)(C)C)n3)n2)n1. The van der Waals surface area contributed by atoms with Crippen LogP contribution in [0.1, 0.15) is 51.8 Å². The minimum atomic E-state index is -2.77. The van der Waals surface area contributed by atoms with E-state index >= 15 is 0 Å². The quantitative estimate of drug-likeness (QED) is 0.0799. The highest BCUT2D eigenvalue weighted by Crippen LogP contribution is 2.37. The average Bonchev–Trinajstić information content (AvgIpc) is 3.84. The summed E-state index contributed by atoms with van der Waals surface area (Å²) in [6, 6.07) is 20.8. The number of carbonyl (C=O) groups excluding carboxylic acids is 1. The van der Waals surface area contributed by atoms with Gasteiger partial charge in [-0.1, -0.05) is 101 Å². The number of nitrogens with zero attached hydrogens (tertiary/aromatic N) is 3. The second-order valence-corrected chi connectivity index (χ2v) is 16.2. The van der Waals surface area contributed by atoms with Crippen molar-refractivity contribution >= 4 is 24.7 Å². The summed E-state index contributed by atoms with van der Waals surface area (Å²) in [6.45, 7) is 8.80. The van der Waals surface area contributed by atoms with E-state index < -0.39 is 14.4 Å². The summed E-state index contributed by atoms with van der Waals surface area (Å²) < 4.78 is 34.6. The molecule has 0 amide bonds. The Kier molecular flexibility index (Phi) is 10.2. The molecule has 46 heavy (non-hydrogen) atoms. The lowest BCUT2D eigenvalue weighted by Gasteiger charge is -2.42. The maximum atomic E-state index is 11.4. The van der Waals surface area contributed by atoms with E-state index in [-0.39, 0.29) is 41.7 Å². The van der Waals surface area contributed by atoms with Gasteiger partial charge in [0.15, 0.2) is 11.4 Å². The van der Waals surface area contributed by atoms with Gasteiger partial charge in [-0.05, 0) is 15.4 Å². The number of hydrogen-bond donors (Lipinski definition) is 0. The number of oxazole rings is 3. The van der Waals surface area contributed by atoms with E-state index in [9.17, 15) is 4.79 Å². The first-order chi connectivity index (χ1) is 22.2. The summed E-state index contributed by atoms with van der Waals surface area (Å²) in [6.07, 6.45) is 7.90. The van der Waals surface area contributed by atoms with Gasteiger partial charge in [0, 0.05) is 13.0 Å². The van der Waals surface area contributed by atoms with Crippen molar-refractivity contribution in [2.24, 2.45) is 5.92 Å². The smallest absolute Gasteiger partial charge is 0.309 e. The molecule has 0 aliphatic rings. The summed E-state index contributed by atoms with van der Waals surface area (Å²) in [7, 11) is 0.183. The summed E-state index contributed by atoms with van der Waals surface area (Å²) in [5, 5.41) is 2.16. The number of aromatic nitrogens is 3. The zero-order valence-electron chi connectivity index (χ0n) is 26.9. The lowest BCUT2D eigenvalue weighted by atomic mass is 10.0. The summed E-state index contributed by atoms with van der Waals surface area (Å²) in [5.74, 6) is 0.557. The van der Waals surface area contributed by atoms with Crippen LogP contribution in [0, 0.1) is 5.92 Å². The van der Waals surface area contributed by atoms with Crippen molar-refractivity contribution in [1.29, 1.82) is 0 Å². The molecule has 0 unspecified atom stereocenters. The first-order valence-corrected chi connectivity index (χ1v) is 16.9. The zero-order chi connectivity index (χ0) is 32.7. The van der Waals surface area contributed by atoms with Crippen LogP contribution in [0.4, 0.5) is 0 Å². The third kappa shape index (κ3) is 6.96. The molecule has 0 aliphatic carbocycles. The van der Waals surface area contributed by atoms with Crippen LogP contribution in [0.5, 0.6) is 0 Å². The van der Waals surface area contributed by atoms with Gasteiger partial charge in [-0.2, -0.15) is 0 Å². The number of ether oxygens (including phenoxy) is 2. The topological polar surface area (TPSA) is 123 Å².